The number of rotatable bonds is 6. The van der Waals surface area contributed by atoms with Crippen LogP contribution in [0.1, 0.15) is 17.6 Å². The molecular formula is C13H17N3O2S2. The molecule has 0 amide bonds. The van der Waals surface area contributed by atoms with Gasteiger partial charge in [-0.1, -0.05) is 0 Å². The average Bonchev–Trinajstić information content (AvgIpc) is 2.84. The van der Waals surface area contributed by atoms with Crippen LogP contribution in [-0.4, -0.2) is 19.9 Å². The van der Waals surface area contributed by atoms with E-state index in [1.807, 2.05) is 19.2 Å². The predicted molar refractivity (Wildman–Crippen MR) is 81.5 cm³/mol. The number of benzene rings is 1. The van der Waals surface area contributed by atoms with E-state index in [-0.39, 0.29) is 11.4 Å². The minimum absolute atomic E-state index is 0.210. The largest absolute Gasteiger partial charge is 0.385 e. The summed E-state index contributed by atoms with van der Waals surface area (Å²) < 4.78 is 26.8. The molecule has 0 atom stereocenters. The van der Waals surface area contributed by atoms with Crippen LogP contribution in [0.3, 0.4) is 0 Å². The van der Waals surface area contributed by atoms with Crippen LogP contribution in [0.5, 0.6) is 0 Å². The van der Waals surface area contributed by atoms with Crippen LogP contribution in [0.25, 0.3) is 0 Å². The molecule has 0 bridgehead atoms. The lowest BCUT2D eigenvalue weighted by molar-refractivity contribution is 0.580. The van der Waals surface area contributed by atoms with Crippen molar-refractivity contribution in [2.45, 2.75) is 25.3 Å². The van der Waals surface area contributed by atoms with Crippen LogP contribution in [0.4, 0.5) is 5.69 Å². The Labute approximate surface area is 123 Å². The molecule has 0 saturated heterocycles. The van der Waals surface area contributed by atoms with E-state index in [0.29, 0.717) is 0 Å². The summed E-state index contributed by atoms with van der Waals surface area (Å²) in [4.78, 5) is 4.48. The van der Waals surface area contributed by atoms with Crippen LogP contribution >= 0.6 is 11.3 Å². The fourth-order valence-corrected chi connectivity index (χ4v) is 3.31. The summed E-state index contributed by atoms with van der Waals surface area (Å²) in [6.45, 7) is 4.89. The second kappa shape index (κ2) is 6.34. The first-order valence-corrected chi connectivity index (χ1v) is 8.62. The molecule has 1 heterocycles. The third-order valence-electron chi connectivity index (χ3n) is 2.66. The molecule has 0 aliphatic rings. The zero-order chi connectivity index (χ0) is 14.6. The lowest BCUT2D eigenvalue weighted by Gasteiger charge is -2.07. The van der Waals surface area contributed by atoms with E-state index in [4.69, 9.17) is 0 Å². The molecule has 2 rings (SSSR count). The molecule has 0 radical (unpaired) electrons. The van der Waals surface area contributed by atoms with Gasteiger partial charge in [0, 0.05) is 17.6 Å². The molecule has 0 unspecified atom stereocenters. The lowest BCUT2D eigenvalue weighted by atomic mass is 10.3. The van der Waals surface area contributed by atoms with Crippen molar-refractivity contribution in [3.05, 3.63) is 40.3 Å². The minimum Gasteiger partial charge on any atom is -0.385 e. The van der Waals surface area contributed by atoms with Crippen LogP contribution < -0.4 is 10.0 Å². The predicted octanol–water partition coefficient (Wildman–Crippen LogP) is 2.36. The molecular weight excluding hydrogens is 294 g/mol. The van der Waals surface area contributed by atoms with Gasteiger partial charge < -0.3 is 5.32 Å². The number of anilines is 1. The summed E-state index contributed by atoms with van der Waals surface area (Å²) in [6, 6.07) is 6.69. The third kappa shape index (κ3) is 3.78. The Bertz CT molecular complexity index is 663. The summed E-state index contributed by atoms with van der Waals surface area (Å²) in [7, 11) is -3.49. The van der Waals surface area contributed by atoms with Crippen molar-refractivity contribution in [3.8, 4) is 0 Å². The highest BCUT2D eigenvalue weighted by molar-refractivity contribution is 7.89. The zero-order valence-corrected chi connectivity index (χ0v) is 13.0. The van der Waals surface area contributed by atoms with Crippen molar-refractivity contribution in [2.75, 3.05) is 11.9 Å². The maximum Gasteiger partial charge on any atom is 0.240 e. The normalized spacial score (nSPS) is 11.5. The lowest BCUT2D eigenvalue weighted by Crippen LogP contribution is -2.23. The molecule has 0 aliphatic heterocycles. The summed E-state index contributed by atoms with van der Waals surface area (Å²) in [5.41, 5.74) is 1.64. The van der Waals surface area contributed by atoms with Crippen molar-refractivity contribution >= 4 is 27.0 Å². The van der Waals surface area contributed by atoms with Gasteiger partial charge in [-0.3, -0.25) is 0 Å². The molecule has 1 aromatic heterocycles. The average molecular weight is 311 g/mol. The highest BCUT2D eigenvalue weighted by atomic mass is 32.2. The van der Waals surface area contributed by atoms with Gasteiger partial charge in [-0.05, 0) is 38.1 Å². The first-order chi connectivity index (χ1) is 9.51. The Morgan fingerprint density at radius 1 is 1.25 bits per heavy atom. The summed E-state index contributed by atoms with van der Waals surface area (Å²) in [5.74, 6) is 0. The smallest absolute Gasteiger partial charge is 0.240 e. The molecule has 2 N–H and O–H groups in total. The van der Waals surface area contributed by atoms with E-state index >= 15 is 0 Å². The van der Waals surface area contributed by atoms with Gasteiger partial charge in [-0.2, -0.15) is 0 Å². The second-order valence-corrected chi connectivity index (χ2v) is 7.07. The van der Waals surface area contributed by atoms with Gasteiger partial charge in [-0.15, -0.1) is 11.3 Å². The first-order valence-electron chi connectivity index (χ1n) is 6.26. The molecule has 0 spiro atoms. The van der Waals surface area contributed by atoms with Gasteiger partial charge in [0.1, 0.15) is 0 Å². The van der Waals surface area contributed by atoms with Crippen LogP contribution in [-0.2, 0) is 16.6 Å². The van der Waals surface area contributed by atoms with Crippen molar-refractivity contribution < 1.29 is 8.42 Å². The van der Waals surface area contributed by atoms with Crippen molar-refractivity contribution in [2.24, 2.45) is 0 Å². The second-order valence-electron chi connectivity index (χ2n) is 4.24. The van der Waals surface area contributed by atoms with Gasteiger partial charge in [0.05, 0.1) is 22.1 Å². The Hall–Kier alpha value is -1.44. The third-order valence-corrected chi connectivity index (χ3v) is 4.89. The summed E-state index contributed by atoms with van der Waals surface area (Å²) in [5, 5.41) is 5.90. The number of hydrogen-bond acceptors (Lipinski definition) is 5. The number of hydrogen-bond donors (Lipinski definition) is 2. The number of sulfonamides is 1. The van der Waals surface area contributed by atoms with Gasteiger partial charge in [0.15, 0.2) is 0 Å². The number of nitrogens with one attached hydrogen (secondary N) is 2. The van der Waals surface area contributed by atoms with E-state index in [9.17, 15) is 8.42 Å². The number of aryl methyl sites for hydroxylation is 1. The van der Waals surface area contributed by atoms with Crippen molar-refractivity contribution in [1.82, 2.24) is 9.71 Å². The van der Waals surface area contributed by atoms with Crippen molar-refractivity contribution in [1.29, 1.82) is 0 Å². The first kappa shape index (κ1) is 15.0. The monoisotopic (exact) mass is 311 g/mol. The molecule has 0 aliphatic carbocycles. The van der Waals surface area contributed by atoms with Gasteiger partial charge in [-0.25, -0.2) is 18.1 Å². The Kier molecular flexibility index (Phi) is 4.74. The molecule has 0 saturated carbocycles. The van der Waals surface area contributed by atoms with E-state index in [2.05, 4.69) is 15.0 Å². The Morgan fingerprint density at radius 2 is 1.95 bits per heavy atom. The van der Waals surface area contributed by atoms with Gasteiger partial charge >= 0.3 is 0 Å². The van der Waals surface area contributed by atoms with E-state index in [1.54, 1.807) is 24.3 Å². The van der Waals surface area contributed by atoms with Gasteiger partial charge in [0.25, 0.3) is 0 Å². The highest BCUT2D eigenvalue weighted by Crippen LogP contribution is 2.14. The molecule has 2 aromatic rings. The van der Waals surface area contributed by atoms with E-state index in [1.165, 1.54) is 11.3 Å². The number of thiazole rings is 1. The van der Waals surface area contributed by atoms with Crippen molar-refractivity contribution in [3.63, 3.8) is 0 Å². The molecule has 1 aromatic carbocycles. The topological polar surface area (TPSA) is 71.1 Å². The number of aromatic nitrogens is 1. The molecule has 20 heavy (non-hydrogen) atoms. The minimum atomic E-state index is -3.49. The maximum absolute atomic E-state index is 12.1. The van der Waals surface area contributed by atoms with E-state index < -0.39 is 10.0 Å². The Morgan fingerprint density at radius 3 is 2.50 bits per heavy atom. The van der Waals surface area contributed by atoms with Crippen LogP contribution in [0, 0.1) is 6.92 Å². The SMILES string of the molecule is CCNc1ccc(S(=O)(=O)NCc2csc(C)n2)cc1. The molecule has 7 heteroatoms. The number of nitrogens with zero attached hydrogens (tertiary/aromatic N) is 1. The zero-order valence-electron chi connectivity index (χ0n) is 11.4. The molecule has 0 fully saturated rings. The molecule has 108 valence electrons. The standard InChI is InChI=1S/C13H17N3O2S2/c1-3-14-11-4-6-13(7-5-11)20(17,18)15-8-12-9-19-10(2)16-12/h4-7,9,14-15H,3,8H2,1-2H3. The van der Waals surface area contributed by atoms with Crippen LogP contribution in [0.2, 0.25) is 0 Å². The quantitative estimate of drug-likeness (QED) is 0.859. The van der Waals surface area contributed by atoms with Gasteiger partial charge in [0.2, 0.25) is 10.0 Å². The maximum atomic E-state index is 12.1. The molecule has 5 nitrogen and oxygen atoms in total. The summed E-state index contributed by atoms with van der Waals surface area (Å²) in [6.07, 6.45) is 0. The highest BCUT2D eigenvalue weighted by Gasteiger charge is 2.14. The van der Waals surface area contributed by atoms with E-state index in [0.717, 1.165) is 22.9 Å². The Balaban J connectivity index is 2.05. The fourth-order valence-electron chi connectivity index (χ4n) is 1.70. The van der Waals surface area contributed by atoms with Crippen LogP contribution in [0.15, 0.2) is 34.5 Å². The summed E-state index contributed by atoms with van der Waals surface area (Å²) >= 11 is 1.50. The fraction of sp³-hybridized carbons (Fsp3) is 0.308.